The molecule has 1 amide bonds. The second kappa shape index (κ2) is 8.22. The Hall–Kier alpha value is -3.20. The van der Waals surface area contributed by atoms with Gasteiger partial charge in [-0.15, -0.1) is 5.10 Å². The highest BCUT2D eigenvalue weighted by Crippen LogP contribution is 2.23. The molecule has 8 nitrogen and oxygen atoms in total. The van der Waals surface area contributed by atoms with Crippen LogP contribution in [0.1, 0.15) is 27.0 Å². The molecule has 0 radical (unpaired) electrons. The van der Waals surface area contributed by atoms with Crippen LogP contribution < -0.4 is 5.32 Å². The highest BCUT2D eigenvalue weighted by molar-refractivity contribution is 7.99. The number of aromatic carboxylic acids is 1. The summed E-state index contributed by atoms with van der Waals surface area (Å²) in [4.78, 5) is 23.4. The molecule has 144 valence electrons. The number of carboxylic acids is 1. The first-order valence-electron chi connectivity index (χ1n) is 8.48. The third-order valence-electron chi connectivity index (χ3n) is 4.07. The number of tetrazole rings is 1. The van der Waals surface area contributed by atoms with Gasteiger partial charge in [-0.2, -0.15) is 4.68 Å². The maximum absolute atomic E-state index is 12.4. The molecular weight excluding hydrogens is 378 g/mol. The molecule has 0 fully saturated rings. The largest absolute Gasteiger partial charge is 0.478 e. The summed E-state index contributed by atoms with van der Waals surface area (Å²) in [7, 11) is 0. The normalized spacial score (nSPS) is 10.7. The van der Waals surface area contributed by atoms with Gasteiger partial charge in [0.15, 0.2) is 0 Å². The Morgan fingerprint density at radius 1 is 1.11 bits per heavy atom. The Balaban J connectivity index is 1.68. The maximum atomic E-state index is 12.4. The van der Waals surface area contributed by atoms with E-state index in [-0.39, 0.29) is 17.2 Å². The molecule has 0 aliphatic carbocycles. The van der Waals surface area contributed by atoms with Crippen LogP contribution >= 0.6 is 11.8 Å². The molecule has 0 aliphatic rings. The standard InChI is InChI=1S/C19H19N5O3S/c1-11-8-12(2)17(13(3)9-11)20-16(25)10-28-19-21-22-23-24(19)15-6-4-14(5-7-15)18(26)27/h4-9H,10H2,1-3H3,(H,20,25)(H,26,27). The van der Waals surface area contributed by atoms with Crippen LogP contribution in [0.25, 0.3) is 5.69 Å². The molecule has 2 aromatic carbocycles. The van der Waals surface area contributed by atoms with E-state index in [2.05, 4.69) is 20.8 Å². The monoisotopic (exact) mass is 397 g/mol. The Morgan fingerprint density at radius 2 is 1.75 bits per heavy atom. The van der Waals surface area contributed by atoms with Crippen molar-refractivity contribution in [1.29, 1.82) is 0 Å². The average Bonchev–Trinajstić information content (AvgIpc) is 3.11. The van der Waals surface area contributed by atoms with Crippen molar-refractivity contribution < 1.29 is 14.7 Å². The zero-order valence-electron chi connectivity index (χ0n) is 15.6. The Kier molecular flexibility index (Phi) is 5.74. The molecule has 0 atom stereocenters. The number of carbonyl (C=O) groups excluding carboxylic acids is 1. The first-order chi connectivity index (χ1) is 13.3. The second-order valence-electron chi connectivity index (χ2n) is 6.34. The fraction of sp³-hybridized carbons (Fsp3) is 0.211. The van der Waals surface area contributed by atoms with Gasteiger partial charge in [-0.1, -0.05) is 29.5 Å². The highest BCUT2D eigenvalue weighted by Gasteiger charge is 2.14. The van der Waals surface area contributed by atoms with E-state index in [0.717, 1.165) is 22.4 Å². The molecule has 0 saturated heterocycles. The van der Waals surface area contributed by atoms with Crippen molar-refractivity contribution >= 4 is 29.3 Å². The van der Waals surface area contributed by atoms with Gasteiger partial charge in [-0.05, 0) is 66.6 Å². The lowest BCUT2D eigenvalue weighted by Gasteiger charge is -2.12. The number of hydrogen-bond acceptors (Lipinski definition) is 6. The van der Waals surface area contributed by atoms with Crippen LogP contribution in [0.4, 0.5) is 5.69 Å². The van der Waals surface area contributed by atoms with Gasteiger partial charge >= 0.3 is 5.97 Å². The van der Waals surface area contributed by atoms with E-state index >= 15 is 0 Å². The van der Waals surface area contributed by atoms with Gasteiger partial charge in [0, 0.05) is 5.69 Å². The van der Waals surface area contributed by atoms with E-state index in [1.165, 1.54) is 28.6 Å². The molecule has 28 heavy (non-hydrogen) atoms. The van der Waals surface area contributed by atoms with E-state index in [0.29, 0.717) is 10.8 Å². The van der Waals surface area contributed by atoms with E-state index in [1.54, 1.807) is 12.1 Å². The summed E-state index contributed by atoms with van der Waals surface area (Å²) in [5, 5.41) is 23.9. The number of hydrogen-bond donors (Lipinski definition) is 2. The molecule has 0 unspecified atom stereocenters. The Labute approximate surface area is 166 Å². The summed E-state index contributed by atoms with van der Waals surface area (Å²) >= 11 is 1.20. The molecule has 0 spiro atoms. The summed E-state index contributed by atoms with van der Waals surface area (Å²) in [5.41, 5.74) is 4.78. The topological polar surface area (TPSA) is 110 Å². The lowest BCUT2D eigenvalue weighted by molar-refractivity contribution is -0.113. The molecule has 0 bridgehead atoms. The molecule has 9 heteroatoms. The summed E-state index contributed by atoms with van der Waals surface area (Å²) in [5.74, 6) is -1.02. The highest BCUT2D eigenvalue weighted by atomic mass is 32.2. The SMILES string of the molecule is Cc1cc(C)c(NC(=O)CSc2nnnn2-c2ccc(C(=O)O)cc2)c(C)c1. The Bertz CT molecular complexity index is 1010. The molecule has 0 aliphatic heterocycles. The number of amides is 1. The van der Waals surface area contributed by atoms with Crippen LogP contribution in [0.2, 0.25) is 0 Å². The zero-order valence-corrected chi connectivity index (χ0v) is 16.4. The van der Waals surface area contributed by atoms with Gasteiger partial charge in [0.1, 0.15) is 0 Å². The van der Waals surface area contributed by atoms with Gasteiger partial charge in [-0.25, -0.2) is 4.79 Å². The number of thioether (sulfide) groups is 1. The van der Waals surface area contributed by atoms with Crippen molar-refractivity contribution in [2.45, 2.75) is 25.9 Å². The number of nitrogens with one attached hydrogen (secondary N) is 1. The smallest absolute Gasteiger partial charge is 0.335 e. The molecule has 1 aromatic heterocycles. The number of nitrogens with zero attached hydrogens (tertiary/aromatic N) is 4. The predicted molar refractivity (Wildman–Crippen MR) is 106 cm³/mol. The van der Waals surface area contributed by atoms with Crippen LogP contribution in [0, 0.1) is 20.8 Å². The number of aromatic nitrogens is 4. The molecule has 0 saturated carbocycles. The van der Waals surface area contributed by atoms with Gasteiger partial charge in [0.25, 0.3) is 0 Å². The quantitative estimate of drug-likeness (QED) is 0.615. The van der Waals surface area contributed by atoms with Crippen molar-refractivity contribution in [2.24, 2.45) is 0 Å². The van der Waals surface area contributed by atoms with Gasteiger partial charge in [0.2, 0.25) is 11.1 Å². The molecule has 3 aromatic rings. The third-order valence-corrected chi connectivity index (χ3v) is 4.99. The average molecular weight is 397 g/mol. The van der Waals surface area contributed by atoms with Crippen LogP contribution in [0.5, 0.6) is 0 Å². The second-order valence-corrected chi connectivity index (χ2v) is 7.28. The number of aryl methyl sites for hydroxylation is 3. The first kappa shape index (κ1) is 19.6. The van der Waals surface area contributed by atoms with Gasteiger partial charge < -0.3 is 10.4 Å². The lowest BCUT2D eigenvalue weighted by atomic mass is 10.1. The van der Waals surface area contributed by atoms with Crippen LogP contribution in [0.3, 0.4) is 0 Å². The minimum Gasteiger partial charge on any atom is -0.478 e. The van der Waals surface area contributed by atoms with Gasteiger partial charge in [0.05, 0.1) is 17.0 Å². The summed E-state index contributed by atoms with van der Waals surface area (Å²) in [6.45, 7) is 5.94. The number of carboxylic acid groups (broad SMARTS) is 1. The first-order valence-corrected chi connectivity index (χ1v) is 9.46. The van der Waals surface area contributed by atoms with Crippen LogP contribution in [-0.2, 0) is 4.79 Å². The maximum Gasteiger partial charge on any atom is 0.335 e. The lowest BCUT2D eigenvalue weighted by Crippen LogP contribution is -2.16. The van der Waals surface area contributed by atoms with Crippen molar-refractivity contribution in [2.75, 3.05) is 11.1 Å². The van der Waals surface area contributed by atoms with E-state index < -0.39 is 5.97 Å². The zero-order chi connectivity index (χ0) is 20.3. The number of rotatable bonds is 6. The van der Waals surface area contributed by atoms with Crippen molar-refractivity contribution in [1.82, 2.24) is 20.2 Å². The van der Waals surface area contributed by atoms with Crippen molar-refractivity contribution in [3.8, 4) is 5.69 Å². The summed E-state index contributed by atoms with van der Waals surface area (Å²) in [6, 6.07) is 10.2. The van der Waals surface area contributed by atoms with E-state index in [1.807, 2.05) is 32.9 Å². The minimum absolute atomic E-state index is 0.139. The van der Waals surface area contributed by atoms with E-state index in [9.17, 15) is 9.59 Å². The number of anilines is 1. The summed E-state index contributed by atoms with van der Waals surface area (Å²) in [6.07, 6.45) is 0. The van der Waals surface area contributed by atoms with E-state index in [4.69, 9.17) is 5.11 Å². The molecular formula is C19H19N5O3S. The fourth-order valence-corrected chi connectivity index (χ4v) is 3.55. The van der Waals surface area contributed by atoms with Crippen molar-refractivity contribution in [3.05, 3.63) is 58.7 Å². The van der Waals surface area contributed by atoms with Crippen LogP contribution in [0.15, 0.2) is 41.6 Å². The minimum atomic E-state index is -1.00. The summed E-state index contributed by atoms with van der Waals surface area (Å²) < 4.78 is 1.46. The van der Waals surface area contributed by atoms with Gasteiger partial charge in [-0.3, -0.25) is 4.79 Å². The predicted octanol–water partition coefficient (Wildman–Crippen LogP) is 3.02. The molecule has 1 heterocycles. The molecule has 2 N–H and O–H groups in total. The molecule has 3 rings (SSSR count). The van der Waals surface area contributed by atoms with Crippen molar-refractivity contribution in [3.63, 3.8) is 0 Å². The number of benzene rings is 2. The third kappa shape index (κ3) is 4.37. The number of carbonyl (C=O) groups is 2. The fourth-order valence-electron chi connectivity index (χ4n) is 2.86. The van der Waals surface area contributed by atoms with Crippen LogP contribution in [-0.4, -0.2) is 42.9 Å². The Morgan fingerprint density at radius 3 is 2.36 bits per heavy atom.